The largest absolute Gasteiger partial charge is 0.379 e. The number of para-hydroxylation sites is 2. The molecule has 1 aliphatic heterocycles. The number of hydrogen-bond acceptors (Lipinski definition) is 4. The van der Waals surface area contributed by atoms with E-state index in [0.717, 1.165) is 69.8 Å². The van der Waals surface area contributed by atoms with Gasteiger partial charge in [0.15, 0.2) is 5.96 Å². The number of morpholine rings is 1. The van der Waals surface area contributed by atoms with Gasteiger partial charge in [0.05, 0.1) is 30.8 Å². The number of halogens is 1. The molecule has 1 fully saturated rings. The maximum Gasteiger partial charge on any atom is 0.191 e. The Labute approximate surface area is 197 Å². The molecule has 1 atom stereocenters. The number of benzene rings is 1. The molecular weight excluding hydrogens is 491 g/mol. The molecule has 1 saturated heterocycles. The highest BCUT2D eigenvalue weighted by molar-refractivity contribution is 14.0. The Morgan fingerprint density at radius 2 is 1.93 bits per heavy atom. The van der Waals surface area contributed by atoms with Crippen LogP contribution in [-0.4, -0.2) is 72.4 Å². The van der Waals surface area contributed by atoms with Crippen molar-refractivity contribution in [3.8, 4) is 0 Å². The van der Waals surface area contributed by atoms with Crippen LogP contribution in [0, 0.1) is 12.8 Å². The second kappa shape index (κ2) is 12.5. The molecule has 0 aliphatic carbocycles. The summed E-state index contributed by atoms with van der Waals surface area (Å²) in [7, 11) is 0. The standard InChI is InChI=1S/C22H36N6O.HI/c1-5-23-22(25-16-21(17(2)3)27-12-14-29-15-13-27)24-10-11-28-18(4)26-19-8-6-7-9-20(19)28;/h6-9,17,21H,5,10-16H2,1-4H3,(H2,23,24,25);1H. The molecule has 1 unspecified atom stereocenters. The molecule has 0 amide bonds. The number of fused-ring (bicyclic) bond motifs is 1. The van der Waals surface area contributed by atoms with Gasteiger partial charge in [-0.15, -0.1) is 24.0 Å². The fourth-order valence-electron chi connectivity index (χ4n) is 3.95. The lowest BCUT2D eigenvalue weighted by atomic mass is 10.0. The molecule has 2 N–H and O–H groups in total. The van der Waals surface area contributed by atoms with Gasteiger partial charge in [-0.2, -0.15) is 0 Å². The van der Waals surface area contributed by atoms with Crippen LogP contribution in [0.1, 0.15) is 26.6 Å². The molecule has 2 heterocycles. The molecule has 0 saturated carbocycles. The summed E-state index contributed by atoms with van der Waals surface area (Å²) in [5, 5.41) is 6.88. The predicted molar refractivity (Wildman–Crippen MR) is 135 cm³/mol. The molecule has 1 aromatic carbocycles. The number of guanidine groups is 1. The highest BCUT2D eigenvalue weighted by Crippen LogP contribution is 2.15. The van der Waals surface area contributed by atoms with Gasteiger partial charge in [-0.25, -0.2) is 4.98 Å². The molecule has 0 spiro atoms. The Hall–Kier alpha value is -1.39. The van der Waals surface area contributed by atoms with Crippen LogP contribution in [-0.2, 0) is 11.3 Å². The third-order valence-corrected chi connectivity index (χ3v) is 5.54. The second-order valence-electron chi connectivity index (χ2n) is 7.91. The number of hydrogen-bond donors (Lipinski definition) is 2. The first kappa shape index (κ1) is 24.9. The van der Waals surface area contributed by atoms with Crippen LogP contribution in [0.3, 0.4) is 0 Å². The molecule has 1 aliphatic rings. The van der Waals surface area contributed by atoms with E-state index < -0.39 is 0 Å². The SMILES string of the molecule is CCNC(=NCC(C(C)C)N1CCOCC1)NCCn1c(C)nc2ccccc21.I. The number of nitrogens with one attached hydrogen (secondary N) is 2. The molecule has 8 heteroatoms. The molecule has 2 aromatic rings. The predicted octanol–water partition coefficient (Wildman–Crippen LogP) is 2.87. The van der Waals surface area contributed by atoms with Crippen LogP contribution < -0.4 is 10.6 Å². The summed E-state index contributed by atoms with van der Waals surface area (Å²) < 4.78 is 7.77. The number of rotatable bonds is 8. The fourth-order valence-corrected chi connectivity index (χ4v) is 3.95. The van der Waals surface area contributed by atoms with E-state index in [0.29, 0.717) is 12.0 Å². The minimum absolute atomic E-state index is 0. The minimum Gasteiger partial charge on any atom is -0.379 e. The lowest BCUT2D eigenvalue weighted by molar-refractivity contribution is 0.00867. The van der Waals surface area contributed by atoms with E-state index >= 15 is 0 Å². The third kappa shape index (κ3) is 6.55. The molecule has 0 radical (unpaired) electrons. The van der Waals surface area contributed by atoms with Crippen molar-refractivity contribution in [3.63, 3.8) is 0 Å². The van der Waals surface area contributed by atoms with E-state index in [1.54, 1.807) is 0 Å². The number of aromatic nitrogens is 2. The van der Waals surface area contributed by atoms with E-state index in [2.05, 4.69) is 71.0 Å². The first-order valence-corrected chi connectivity index (χ1v) is 10.9. The zero-order valence-electron chi connectivity index (χ0n) is 18.7. The van der Waals surface area contributed by atoms with Crippen molar-refractivity contribution in [2.75, 3.05) is 45.9 Å². The quantitative estimate of drug-likeness (QED) is 0.314. The summed E-state index contributed by atoms with van der Waals surface area (Å²) in [6.45, 7) is 15.7. The zero-order chi connectivity index (χ0) is 20.6. The molecule has 168 valence electrons. The highest BCUT2D eigenvalue weighted by Gasteiger charge is 2.23. The Kier molecular flexibility index (Phi) is 10.3. The number of ether oxygens (including phenoxy) is 1. The van der Waals surface area contributed by atoms with Crippen LogP contribution in [0.2, 0.25) is 0 Å². The van der Waals surface area contributed by atoms with E-state index in [-0.39, 0.29) is 24.0 Å². The first-order chi connectivity index (χ1) is 14.1. The van der Waals surface area contributed by atoms with Gasteiger partial charge in [0, 0.05) is 38.8 Å². The molecule has 30 heavy (non-hydrogen) atoms. The van der Waals surface area contributed by atoms with E-state index in [1.807, 2.05) is 6.07 Å². The van der Waals surface area contributed by atoms with E-state index in [1.165, 1.54) is 5.52 Å². The van der Waals surface area contributed by atoms with E-state index in [9.17, 15) is 0 Å². The molecule has 0 bridgehead atoms. The van der Waals surface area contributed by atoms with Crippen molar-refractivity contribution in [2.45, 2.75) is 40.3 Å². The molecule has 1 aromatic heterocycles. The maximum atomic E-state index is 5.51. The Morgan fingerprint density at radius 3 is 2.63 bits per heavy atom. The van der Waals surface area contributed by atoms with Crippen LogP contribution in [0.15, 0.2) is 29.3 Å². The van der Waals surface area contributed by atoms with Crippen molar-refractivity contribution in [2.24, 2.45) is 10.9 Å². The summed E-state index contributed by atoms with van der Waals surface area (Å²) in [4.78, 5) is 12.1. The van der Waals surface area contributed by atoms with Crippen molar-refractivity contribution in [3.05, 3.63) is 30.1 Å². The molecular formula is C22H37IN6O. The van der Waals surface area contributed by atoms with Crippen molar-refractivity contribution in [1.29, 1.82) is 0 Å². The summed E-state index contributed by atoms with van der Waals surface area (Å²) in [6, 6.07) is 8.73. The first-order valence-electron chi connectivity index (χ1n) is 10.9. The number of aliphatic imine (C=N–C) groups is 1. The highest BCUT2D eigenvalue weighted by atomic mass is 127. The summed E-state index contributed by atoms with van der Waals surface area (Å²) in [5.41, 5.74) is 2.23. The average molecular weight is 528 g/mol. The topological polar surface area (TPSA) is 66.7 Å². The fraction of sp³-hybridized carbons (Fsp3) is 0.636. The van der Waals surface area contributed by atoms with Crippen LogP contribution in [0.4, 0.5) is 0 Å². The van der Waals surface area contributed by atoms with Gasteiger partial charge in [0.1, 0.15) is 5.82 Å². The molecule has 7 nitrogen and oxygen atoms in total. The van der Waals surface area contributed by atoms with Gasteiger partial charge in [-0.1, -0.05) is 26.0 Å². The van der Waals surface area contributed by atoms with E-state index in [4.69, 9.17) is 9.73 Å². The van der Waals surface area contributed by atoms with Crippen molar-refractivity contribution >= 4 is 41.0 Å². The minimum atomic E-state index is 0. The lowest BCUT2D eigenvalue weighted by Crippen LogP contribution is -2.48. The zero-order valence-corrected chi connectivity index (χ0v) is 21.1. The van der Waals surface area contributed by atoms with Gasteiger partial charge in [-0.3, -0.25) is 9.89 Å². The number of imidazole rings is 1. The summed E-state index contributed by atoms with van der Waals surface area (Å²) in [6.07, 6.45) is 0. The normalized spacial score (nSPS) is 16.5. The Morgan fingerprint density at radius 1 is 1.20 bits per heavy atom. The maximum absolute atomic E-state index is 5.51. The Bertz CT molecular complexity index is 800. The van der Waals surface area contributed by atoms with Gasteiger partial charge < -0.3 is 19.9 Å². The van der Waals surface area contributed by atoms with Gasteiger partial charge in [0.25, 0.3) is 0 Å². The second-order valence-corrected chi connectivity index (χ2v) is 7.91. The Balaban J connectivity index is 0.00000320. The lowest BCUT2D eigenvalue weighted by Gasteiger charge is -2.36. The molecule has 3 rings (SSSR count). The number of aryl methyl sites for hydroxylation is 1. The third-order valence-electron chi connectivity index (χ3n) is 5.54. The summed E-state index contributed by atoms with van der Waals surface area (Å²) >= 11 is 0. The van der Waals surface area contributed by atoms with Crippen LogP contribution in [0.25, 0.3) is 11.0 Å². The van der Waals surface area contributed by atoms with Gasteiger partial charge in [-0.05, 0) is 31.9 Å². The smallest absolute Gasteiger partial charge is 0.191 e. The monoisotopic (exact) mass is 528 g/mol. The van der Waals surface area contributed by atoms with Crippen molar-refractivity contribution in [1.82, 2.24) is 25.1 Å². The van der Waals surface area contributed by atoms with Crippen molar-refractivity contribution < 1.29 is 4.74 Å². The van der Waals surface area contributed by atoms with Crippen LogP contribution >= 0.6 is 24.0 Å². The average Bonchev–Trinajstić information content (AvgIpc) is 3.04. The van der Waals surface area contributed by atoms with Crippen LogP contribution in [0.5, 0.6) is 0 Å². The summed E-state index contributed by atoms with van der Waals surface area (Å²) in [5.74, 6) is 2.48. The van der Waals surface area contributed by atoms with Gasteiger partial charge in [0.2, 0.25) is 0 Å². The van der Waals surface area contributed by atoms with Gasteiger partial charge >= 0.3 is 0 Å². The number of nitrogens with zero attached hydrogens (tertiary/aromatic N) is 4.